The van der Waals surface area contributed by atoms with Gasteiger partial charge in [0.15, 0.2) is 5.82 Å². The van der Waals surface area contributed by atoms with Gasteiger partial charge < -0.3 is 9.64 Å². The third-order valence-electron chi connectivity index (χ3n) is 2.89. The molecule has 1 unspecified atom stereocenters. The molecule has 0 radical (unpaired) electrons. The van der Waals surface area contributed by atoms with E-state index < -0.39 is 0 Å². The number of ether oxygens (including phenoxy) is 1. The second-order valence-corrected chi connectivity index (χ2v) is 4.74. The van der Waals surface area contributed by atoms with E-state index in [0.29, 0.717) is 30.2 Å². The van der Waals surface area contributed by atoms with E-state index in [4.69, 9.17) is 16.3 Å². The van der Waals surface area contributed by atoms with Crippen molar-refractivity contribution in [1.29, 1.82) is 0 Å². The summed E-state index contributed by atoms with van der Waals surface area (Å²) in [4.78, 5) is 10.8. The van der Waals surface area contributed by atoms with Gasteiger partial charge in [0, 0.05) is 25.8 Å². The molecule has 102 valence electrons. The highest BCUT2D eigenvalue weighted by Crippen LogP contribution is 2.19. The predicted octanol–water partition coefficient (Wildman–Crippen LogP) is 3.29. The lowest BCUT2D eigenvalue weighted by molar-refractivity contribution is 0.128. The van der Waals surface area contributed by atoms with Crippen molar-refractivity contribution >= 4 is 17.4 Å². The van der Waals surface area contributed by atoms with Gasteiger partial charge in [-0.1, -0.05) is 24.9 Å². The van der Waals surface area contributed by atoms with Crippen LogP contribution in [-0.4, -0.2) is 29.7 Å². The van der Waals surface area contributed by atoms with E-state index in [1.54, 1.807) is 6.07 Å². The third-order valence-corrected chi connectivity index (χ3v) is 3.09. The van der Waals surface area contributed by atoms with Gasteiger partial charge in [-0.15, -0.1) is 0 Å². The Hall–Kier alpha value is -0.870. The zero-order valence-corrected chi connectivity index (χ0v) is 12.4. The Balaban J connectivity index is 2.84. The molecule has 18 heavy (non-hydrogen) atoms. The van der Waals surface area contributed by atoms with Crippen molar-refractivity contribution in [1.82, 2.24) is 9.97 Å². The molecule has 0 aliphatic rings. The Morgan fingerprint density at radius 3 is 2.72 bits per heavy atom. The molecule has 0 saturated heterocycles. The van der Waals surface area contributed by atoms with Crippen molar-refractivity contribution in [3.63, 3.8) is 0 Å². The molecule has 1 aromatic rings. The van der Waals surface area contributed by atoms with E-state index in [0.717, 1.165) is 18.7 Å². The predicted molar refractivity (Wildman–Crippen MR) is 75.1 cm³/mol. The van der Waals surface area contributed by atoms with E-state index in [1.165, 1.54) is 0 Å². The highest BCUT2D eigenvalue weighted by molar-refractivity contribution is 6.29. The molecule has 1 aromatic heterocycles. The summed E-state index contributed by atoms with van der Waals surface area (Å²) in [6.45, 7) is 7.35. The lowest BCUT2D eigenvalue weighted by Crippen LogP contribution is -2.29. The van der Waals surface area contributed by atoms with E-state index in [2.05, 4.69) is 28.7 Å². The van der Waals surface area contributed by atoms with Gasteiger partial charge in [0.2, 0.25) is 0 Å². The van der Waals surface area contributed by atoms with Crippen LogP contribution in [0.15, 0.2) is 6.07 Å². The first-order valence-electron chi connectivity index (χ1n) is 6.42. The molecule has 0 aliphatic carbocycles. The first-order valence-corrected chi connectivity index (χ1v) is 6.80. The number of nitrogens with zero attached hydrogens (tertiary/aromatic N) is 3. The molecule has 0 N–H and O–H groups in total. The number of rotatable bonds is 7. The Morgan fingerprint density at radius 2 is 2.11 bits per heavy atom. The smallest absolute Gasteiger partial charge is 0.158 e. The van der Waals surface area contributed by atoms with Gasteiger partial charge >= 0.3 is 0 Å². The zero-order chi connectivity index (χ0) is 13.5. The number of hydrogen-bond donors (Lipinski definition) is 0. The number of aromatic nitrogens is 2. The normalized spacial score (nSPS) is 12.5. The summed E-state index contributed by atoms with van der Waals surface area (Å²) in [7, 11) is 2.03. The highest BCUT2D eigenvalue weighted by Gasteiger charge is 2.12. The second-order valence-electron chi connectivity index (χ2n) is 4.35. The van der Waals surface area contributed by atoms with Gasteiger partial charge in [0.25, 0.3) is 0 Å². The van der Waals surface area contributed by atoms with E-state index >= 15 is 0 Å². The molecule has 0 bridgehead atoms. The summed E-state index contributed by atoms with van der Waals surface area (Å²) in [5.41, 5.74) is 0. The standard InChI is InChI=1S/C13H22ClN3O/c1-5-7-10(3)17(4)13-8-11(14)15-12(16-13)9-18-6-2/h8,10H,5-7,9H2,1-4H3. The van der Waals surface area contributed by atoms with Gasteiger partial charge in [-0.05, 0) is 20.3 Å². The van der Waals surface area contributed by atoms with Crippen LogP contribution in [0, 0.1) is 0 Å². The maximum atomic E-state index is 6.02. The molecule has 0 aromatic carbocycles. The summed E-state index contributed by atoms with van der Waals surface area (Å²) >= 11 is 6.02. The average molecular weight is 272 g/mol. The minimum absolute atomic E-state index is 0.403. The third kappa shape index (κ3) is 4.42. The summed E-state index contributed by atoms with van der Waals surface area (Å²) in [6, 6.07) is 2.23. The van der Waals surface area contributed by atoms with Crippen molar-refractivity contribution in [2.45, 2.75) is 46.3 Å². The van der Waals surface area contributed by atoms with Crippen LogP contribution in [0.3, 0.4) is 0 Å². The first kappa shape index (κ1) is 15.2. The molecule has 0 spiro atoms. The fourth-order valence-corrected chi connectivity index (χ4v) is 1.92. The average Bonchev–Trinajstić information content (AvgIpc) is 2.35. The van der Waals surface area contributed by atoms with Crippen molar-refractivity contribution in [2.75, 3.05) is 18.6 Å². The van der Waals surface area contributed by atoms with Crippen molar-refractivity contribution in [3.05, 3.63) is 17.0 Å². The number of halogens is 1. The molecule has 5 heteroatoms. The Morgan fingerprint density at radius 1 is 1.39 bits per heavy atom. The van der Waals surface area contributed by atoms with Crippen LogP contribution < -0.4 is 4.90 Å². The maximum absolute atomic E-state index is 6.02. The van der Waals surface area contributed by atoms with Gasteiger partial charge in [0.05, 0.1) is 0 Å². The summed E-state index contributed by atoms with van der Waals surface area (Å²) in [6.07, 6.45) is 2.27. The monoisotopic (exact) mass is 271 g/mol. The van der Waals surface area contributed by atoms with Gasteiger partial charge in [0.1, 0.15) is 17.6 Å². The van der Waals surface area contributed by atoms with Crippen molar-refractivity contribution < 1.29 is 4.74 Å². The number of anilines is 1. The molecule has 1 heterocycles. The molecular formula is C13H22ClN3O. The Labute approximate surface area is 114 Å². The molecule has 1 rings (SSSR count). The molecular weight excluding hydrogens is 250 g/mol. The largest absolute Gasteiger partial charge is 0.374 e. The molecule has 1 atom stereocenters. The molecule has 0 aliphatic heterocycles. The molecule has 0 fully saturated rings. The van der Waals surface area contributed by atoms with Crippen LogP contribution in [0.2, 0.25) is 5.15 Å². The molecule has 0 saturated carbocycles. The van der Waals surface area contributed by atoms with Crippen LogP contribution in [0.25, 0.3) is 0 Å². The minimum Gasteiger partial charge on any atom is -0.374 e. The van der Waals surface area contributed by atoms with Crippen LogP contribution in [-0.2, 0) is 11.3 Å². The van der Waals surface area contributed by atoms with E-state index in [9.17, 15) is 0 Å². The quantitative estimate of drug-likeness (QED) is 0.714. The SMILES string of the molecule is CCCC(C)N(C)c1cc(Cl)nc(COCC)n1. The van der Waals surface area contributed by atoms with Crippen LogP contribution in [0.4, 0.5) is 5.82 Å². The lowest BCUT2D eigenvalue weighted by Gasteiger charge is -2.26. The van der Waals surface area contributed by atoms with Gasteiger partial charge in [-0.25, -0.2) is 9.97 Å². The van der Waals surface area contributed by atoms with Crippen LogP contribution in [0.5, 0.6) is 0 Å². The summed E-state index contributed by atoms with van der Waals surface area (Å²) in [5, 5.41) is 0.463. The second kappa shape index (κ2) is 7.54. The van der Waals surface area contributed by atoms with Gasteiger partial charge in [-0.3, -0.25) is 0 Å². The Bertz CT molecular complexity index is 373. The topological polar surface area (TPSA) is 38.2 Å². The first-order chi connectivity index (χ1) is 8.58. The lowest BCUT2D eigenvalue weighted by atomic mass is 10.2. The fraction of sp³-hybridized carbons (Fsp3) is 0.692. The van der Waals surface area contributed by atoms with Gasteiger partial charge in [-0.2, -0.15) is 0 Å². The van der Waals surface area contributed by atoms with E-state index in [1.807, 2.05) is 14.0 Å². The number of hydrogen-bond acceptors (Lipinski definition) is 4. The van der Waals surface area contributed by atoms with Crippen molar-refractivity contribution in [3.8, 4) is 0 Å². The molecule has 4 nitrogen and oxygen atoms in total. The molecule has 0 amide bonds. The van der Waals surface area contributed by atoms with Crippen LogP contribution >= 0.6 is 11.6 Å². The zero-order valence-electron chi connectivity index (χ0n) is 11.6. The minimum atomic E-state index is 0.403. The highest BCUT2D eigenvalue weighted by atomic mass is 35.5. The van der Waals surface area contributed by atoms with Crippen molar-refractivity contribution in [2.24, 2.45) is 0 Å². The summed E-state index contributed by atoms with van der Waals surface area (Å²) in [5.74, 6) is 1.49. The summed E-state index contributed by atoms with van der Waals surface area (Å²) < 4.78 is 5.32. The Kier molecular flexibility index (Phi) is 6.36. The van der Waals surface area contributed by atoms with E-state index in [-0.39, 0.29) is 0 Å². The van der Waals surface area contributed by atoms with Crippen LogP contribution in [0.1, 0.15) is 39.4 Å². The fourth-order valence-electron chi connectivity index (χ4n) is 1.73. The maximum Gasteiger partial charge on any atom is 0.158 e.